The fourth-order valence-corrected chi connectivity index (χ4v) is 3.97. The molecule has 0 saturated heterocycles. The summed E-state index contributed by atoms with van der Waals surface area (Å²) >= 11 is 0. The molecule has 4 heteroatoms. The molecule has 1 amide bonds. The highest BCUT2D eigenvalue weighted by molar-refractivity contribution is 6.07. The lowest BCUT2D eigenvalue weighted by atomic mass is 9.96. The molecule has 0 bridgehead atoms. The molecule has 138 valence electrons. The lowest BCUT2D eigenvalue weighted by molar-refractivity contribution is 0.0735. The van der Waals surface area contributed by atoms with Gasteiger partial charge in [-0.2, -0.15) is 0 Å². The van der Waals surface area contributed by atoms with E-state index in [1.165, 1.54) is 11.1 Å². The van der Waals surface area contributed by atoms with Crippen molar-refractivity contribution in [3.05, 3.63) is 70.4 Å². The molecule has 1 aliphatic rings. The summed E-state index contributed by atoms with van der Waals surface area (Å²) in [7, 11) is 1.67. The third-order valence-corrected chi connectivity index (χ3v) is 5.50. The van der Waals surface area contributed by atoms with Crippen molar-refractivity contribution in [1.29, 1.82) is 0 Å². The van der Waals surface area contributed by atoms with E-state index in [1.807, 2.05) is 48.2 Å². The molecule has 0 atom stereocenters. The minimum Gasteiger partial charge on any atom is -0.497 e. The first-order valence-electron chi connectivity index (χ1n) is 9.45. The fraction of sp³-hybridized carbons (Fsp3) is 0.304. The quantitative estimate of drug-likeness (QED) is 0.699. The molecule has 3 aromatic rings. The standard InChI is InChI=1S/C23H24N2O2/c1-4-20-15(2)22(19-7-5-6-8-21(19)24-20)23(26)25-12-11-16-9-10-18(27-3)13-17(16)14-25/h5-10,13H,4,11-12,14H2,1-3H3. The second-order valence-electron chi connectivity index (χ2n) is 7.04. The van der Waals surface area contributed by atoms with Crippen molar-refractivity contribution in [2.75, 3.05) is 13.7 Å². The third-order valence-electron chi connectivity index (χ3n) is 5.50. The van der Waals surface area contributed by atoms with Crippen LogP contribution in [0.25, 0.3) is 10.9 Å². The summed E-state index contributed by atoms with van der Waals surface area (Å²) < 4.78 is 5.36. The van der Waals surface area contributed by atoms with Crippen molar-refractivity contribution < 1.29 is 9.53 Å². The second-order valence-corrected chi connectivity index (χ2v) is 7.04. The first kappa shape index (κ1) is 17.5. The Morgan fingerprint density at radius 3 is 2.78 bits per heavy atom. The molecule has 0 fully saturated rings. The van der Waals surface area contributed by atoms with E-state index >= 15 is 0 Å². The van der Waals surface area contributed by atoms with E-state index < -0.39 is 0 Å². The summed E-state index contributed by atoms with van der Waals surface area (Å²) in [4.78, 5) is 20.2. The van der Waals surface area contributed by atoms with E-state index in [0.717, 1.165) is 52.9 Å². The van der Waals surface area contributed by atoms with E-state index in [9.17, 15) is 4.79 Å². The average Bonchev–Trinajstić information content (AvgIpc) is 2.72. The smallest absolute Gasteiger partial charge is 0.255 e. The van der Waals surface area contributed by atoms with Gasteiger partial charge in [0.1, 0.15) is 5.75 Å². The highest BCUT2D eigenvalue weighted by Crippen LogP contribution is 2.29. The number of aryl methyl sites for hydroxylation is 1. The topological polar surface area (TPSA) is 42.4 Å². The number of pyridine rings is 1. The van der Waals surface area contributed by atoms with Gasteiger partial charge in [0.2, 0.25) is 0 Å². The molecule has 0 saturated carbocycles. The maximum atomic E-state index is 13.5. The van der Waals surface area contributed by atoms with Gasteiger partial charge >= 0.3 is 0 Å². The Morgan fingerprint density at radius 1 is 1.19 bits per heavy atom. The van der Waals surface area contributed by atoms with Crippen molar-refractivity contribution in [2.24, 2.45) is 0 Å². The summed E-state index contributed by atoms with van der Waals surface area (Å²) in [6.45, 7) is 5.45. The van der Waals surface area contributed by atoms with Crippen LogP contribution in [-0.4, -0.2) is 29.4 Å². The number of carbonyl (C=O) groups is 1. The zero-order valence-corrected chi connectivity index (χ0v) is 16.1. The van der Waals surface area contributed by atoms with Crippen LogP contribution in [0.15, 0.2) is 42.5 Å². The van der Waals surface area contributed by atoms with Gasteiger partial charge in [-0.05, 0) is 54.7 Å². The first-order chi connectivity index (χ1) is 13.1. The maximum absolute atomic E-state index is 13.5. The van der Waals surface area contributed by atoms with Gasteiger partial charge in [0.15, 0.2) is 0 Å². The lowest BCUT2D eigenvalue weighted by Gasteiger charge is -2.30. The van der Waals surface area contributed by atoms with Gasteiger partial charge in [-0.3, -0.25) is 9.78 Å². The van der Waals surface area contributed by atoms with Crippen molar-refractivity contribution in [1.82, 2.24) is 9.88 Å². The Kier molecular flexibility index (Phi) is 4.56. The predicted molar refractivity (Wildman–Crippen MR) is 107 cm³/mol. The lowest BCUT2D eigenvalue weighted by Crippen LogP contribution is -2.36. The maximum Gasteiger partial charge on any atom is 0.255 e. The Balaban J connectivity index is 1.76. The van der Waals surface area contributed by atoms with Crippen molar-refractivity contribution in [2.45, 2.75) is 33.2 Å². The summed E-state index contributed by atoms with van der Waals surface area (Å²) in [6.07, 6.45) is 1.69. The number of ether oxygens (including phenoxy) is 1. The van der Waals surface area contributed by atoms with Crippen LogP contribution < -0.4 is 4.74 Å². The largest absolute Gasteiger partial charge is 0.497 e. The molecule has 4 rings (SSSR count). The number of aromatic nitrogens is 1. The average molecular weight is 360 g/mol. The fourth-order valence-electron chi connectivity index (χ4n) is 3.97. The first-order valence-corrected chi connectivity index (χ1v) is 9.45. The molecule has 4 nitrogen and oxygen atoms in total. The van der Waals surface area contributed by atoms with Crippen molar-refractivity contribution >= 4 is 16.8 Å². The number of amides is 1. The predicted octanol–water partition coefficient (Wildman–Crippen LogP) is 4.31. The van der Waals surface area contributed by atoms with Crippen LogP contribution in [0.5, 0.6) is 5.75 Å². The highest BCUT2D eigenvalue weighted by Gasteiger charge is 2.26. The van der Waals surface area contributed by atoms with Crippen LogP contribution in [0.1, 0.15) is 39.7 Å². The van der Waals surface area contributed by atoms with Gasteiger partial charge in [0.25, 0.3) is 5.91 Å². The number of fused-ring (bicyclic) bond motifs is 2. The SMILES string of the molecule is CCc1nc2ccccc2c(C(=O)N2CCc3ccc(OC)cc3C2)c1C. The number of para-hydroxylation sites is 1. The summed E-state index contributed by atoms with van der Waals surface area (Å²) in [6, 6.07) is 14.1. The van der Waals surface area contributed by atoms with Crippen LogP contribution in [0, 0.1) is 6.92 Å². The van der Waals surface area contributed by atoms with Crippen LogP contribution in [0.4, 0.5) is 0 Å². The van der Waals surface area contributed by atoms with Crippen LogP contribution in [0.2, 0.25) is 0 Å². The molecule has 0 radical (unpaired) electrons. The van der Waals surface area contributed by atoms with E-state index in [2.05, 4.69) is 13.0 Å². The normalized spacial score (nSPS) is 13.5. The van der Waals surface area contributed by atoms with Gasteiger partial charge < -0.3 is 9.64 Å². The molecule has 1 aliphatic heterocycles. The Morgan fingerprint density at radius 2 is 2.00 bits per heavy atom. The molecule has 2 heterocycles. The number of methoxy groups -OCH3 is 1. The molecule has 0 aliphatic carbocycles. The Hall–Kier alpha value is -2.88. The molecular formula is C23H24N2O2. The van der Waals surface area contributed by atoms with E-state index in [-0.39, 0.29) is 5.91 Å². The van der Waals surface area contributed by atoms with Crippen LogP contribution in [-0.2, 0) is 19.4 Å². The molecule has 27 heavy (non-hydrogen) atoms. The molecule has 0 unspecified atom stereocenters. The van der Waals surface area contributed by atoms with E-state index in [4.69, 9.17) is 9.72 Å². The van der Waals surface area contributed by atoms with Gasteiger partial charge in [-0.1, -0.05) is 31.2 Å². The molecule has 0 spiro atoms. The monoisotopic (exact) mass is 360 g/mol. The molecule has 2 aromatic carbocycles. The zero-order chi connectivity index (χ0) is 19.0. The van der Waals surface area contributed by atoms with Crippen LogP contribution >= 0.6 is 0 Å². The van der Waals surface area contributed by atoms with Gasteiger partial charge in [0.05, 0.1) is 18.2 Å². The van der Waals surface area contributed by atoms with E-state index in [1.54, 1.807) is 7.11 Å². The van der Waals surface area contributed by atoms with Crippen LogP contribution in [0.3, 0.4) is 0 Å². The van der Waals surface area contributed by atoms with Gasteiger partial charge in [-0.15, -0.1) is 0 Å². The molecule has 1 aromatic heterocycles. The molecular weight excluding hydrogens is 336 g/mol. The van der Waals surface area contributed by atoms with Crippen molar-refractivity contribution in [3.8, 4) is 5.75 Å². The highest BCUT2D eigenvalue weighted by atomic mass is 16.5. The number of hydrogen-bond acceptors (Lipinski definition) is 3. The number of benzene rings is 2. The third kappa shape index (κ3) is 3.05. The van der Waals surface area contributed by atoms with Gasteiger partial charge in [0, 0.05) is 24.2 Å². The summed E-state index contributed by atoms with van der Waals surface area (Å²) in [5, 5.41) is 0.939. The summed E-state index contributed by atoms with van der Waals surface area (Å²) in [5.74, 6) is 0.927. The Bertz CT molecular complexity index is 1030. The minimum absolute atomic E-state index is 0.0919. The molecule has 0 N–H and O–H groups in total. The van der Waals surface area contributed by atoms with E-state index in [0.29, 0.717) is 6.54 Å². The van der Waals surface area contributed by atoms with Crippen molar-refractivity contribution in [3.63, 3.8) is 0 Å². The number of carbonyl (C=O) groups excluding carboxylic acids is 1. The minimum atomic E-state index is 0.0919. The number of hydrogen-bond donors (Lipinski definition) is 0. The summed E-state index contributed by atoms with van der Waals surface area (Å²) in [5.41, 5.74) is 6.14. The second kappa shape index (κ2) is 7.03. The number of rotatable bonds is 3. The van der Waals surface area contributed by atoms with Gasteiger partial charge in [-0.25, -0.2) is 0 Å². The zero-order valence-electron chi connectivity index (χ0n) is 16.1. The Labute approximate surface area is 159 Å². The number of nitrogens with zero attached hydrogens (tertiary/aromatic N) is 2.